The zero-order chi connectivity index (χ0) is 17.9. The van der Waals surface area contributed by atoms with E-state index in [1.54, 1.807) is 39.0 Å². The number of alkyl carbamates (subject to hydrolysis) is 1. The molecule has 1 aromatic heterocycles. The van der Waals surface area contributed by atoms with Gasteiger partial charge in [-0.25, -0.2) is 9.78 Å². The molecular formula is C17H22N4O3. The van der Waals surface area contributed by atoms with Crippen molar-refractivity contribution < 1.29 is 14.6 Å². The standard InChI is InChI=1S/C17H22N4O3/c1-17(2,3)24-16(23)19-12(10-22)8-15-20-13-6-5-11(9-18)7-14(13)21(15)4/h5-7,12,22H,8,10H2,1-4H3,(H,19,23)/t12-/m0/s1. The van der Waals surface area contributed by atoms with E-state index in [0.717, 1.165) is 11.0 Å². The number of aliphatic hydroxyl groups excluding tert-OH is 1. The molecule has 128 valence electrons. The van der Waals surface area contributed by atoms with Crippen molar-refractivity contribution in [2.24, 2.45) is 7.05 Å². The van der Waals surface area contributed by atoms with Crippen molar-refractivity contribution in [1.82, 2.24) is 14.9 Å². The second-order valence-electron chi connectivity index (χ2n) is 6.63. The molecule has 24 heavy (non-hydrogen) atoms. The van der Waals surface area contributed by atoms with E-state index in [1.807, 2.05) is 11.6 Å². The monoisotopic (exact) mass is 330 g/mol. The molecule has 0 aliphatic rings. The van der Waals surface area contributed by atoms with Crippen molar-refractivity contribution in [2.45, 2.75) is 38.8 Å². The summed E-state index contributed by atoms with van der Waals surface area (Å²) in [5, 5.41) is 21.2. The first kappa shape index (κ1) is 17.8. The minimum absolute atomic E-state index is 0.230. The zero-order valence-corrected chi connectivity index (χ0v) is 14.3. The molecule has 7 nitrogen and oxygen atoms in total. The van der Waals surface area contributed by atoms with E-state index in [2.05, 4.69) is 16.4 Å². The Morgan fingerprint density at radius 1 is 1.50 bits per heavy atom. The van der Waals surface area contributed by atoms with Crippen molar-refractivity contribution >= 4 is 17.1 Å². The first-order valence-electron chi connectivity index (χ1n) is 7.69. The third-order valence-corrected chi connectivity index (χ3v) is 3.47. The Kier molecular flexibility index (Phi) is 5.10. The summed E-state index contributed by atoms with van der Waals surface area (Å²) in [6, 6.07) is 6.85. The normalized spacial score (nSPS) is 12.7. The van der Waals surface area contributed by atoms with Crippen molar-refractivity contribution in [2.75, 3.05) is 6.61 Å². The SMILES string of the molecule is Cn1c(C[C@@H](CO)NC(=O)OC(C)(C)C)nc2ccc(C#N)cc21. The van der Waals surface area contributed by atoms with E-state index in [9.17, 15) is 9.90 Å². The molecular weight excluding hydrogens is 308 g/mol. The van der Waals surface area contributed by atoms with Crippen LogP contribution in [0.5, 0.6) is 0 Å². The second-order valence-corrected chi connectivity index (χ2v) is 6.63. The van der Waals surface area contributed by atoms with Gasteiger partial charge in [-0.15, -0.1) is 0 Å². The number of aromatic nitrogens is 2. The number of nitrogens with one attached hydrogen (secondary N) is 1. The van der Waals surface area contributed by atoms with E-state index in [0.29, 0.717) is 17.8 Å². The van der Waals surface area contributed by atoms with Crippen LogP contribution in [-0.4, -0.2) is 39.0 Å². The predicted octanol–water partition coefficient (Wildman–Crippen LogP) is 1.87. The summed E-state index contributed by atoms with van der Waals surface area (Å²) in [6.45, 7) is 5.10. The van der Waals surface area contributed by atoms with E-state index in [-0.39, 0.29) is 6.61 Å². The van der Waals surface area contributed by atoms with Crippen molar-refractivity contribution in [3.05, 3.63) is 29.6 Å². The highest BCUT2D eigenvalue weighted by Gasteiger charge is 2.21. The summed E-state index contributed by atoms with van der Waals surface area (Å²) >= 11 is 0. The van der Waals surface area contributed by atoms with Crippen molar-refractivity contribution in [1.29, 1.82) is 5.26 Å². The molecule has 2 rings (SSSR count). The average Bonchev–Trinajstić information content (AvgIpc) is 2.80. The van der Waals surface area contributed by atoms with Gasteiger partial charge in [-0.3, -0.25) is 0 Å². The number of aryl methyl sites for hydroxylation is 1. The molecule has 0 unspecified atom stereocenters. The van der Waals surface area contributed by atoms with Gasteiger partial charge >= 0.3 is 6.09 Å². The van der Waals surface area contributed by atoms with E-state index in [4.69, 9.17) is 10.00 Å². The number of fused-ring (bicyclic) bond motifs is 1. The van der Waals surface area contributed by atoms with E-state index >= 15 is 0 Å². The maximum absolute atomic E-state index is 11.9. The average molecular weight is 330 g/mol. The van der Waals surface area contributed by atoms with Gasteiger partial charge in [-0.05, 0) is 39.0 Å². The lowest BCUT2D eigenvalue weighted by atomic mass is 10.2. The van der Waals surface area contributed by atoms with Crippen LogP contribution in [0.25, 0.3) is 11.0 Å². The molecule has 0 aliphatic heterocycles. The number of carbonyl (C=O) groups is 1. The Morgan fingerprint density at radius 3 is 2.79 bits per heavy atom. The lowest BCUT2D eigenvalue weighted by molar-refractivity contribution is 0.0482. The maximum Gasteiger partial charge on any atom is 0.407 e. The maximum atomic E-state index is 11.9. The van der Waals surface area contributed by atoms with Gasteiger partial charge in [0.2, 0.25) is 0 Å². The Hall–Kier alpha value is -2.59. The fraction of sp³-hybridized carbons (Fsp3) is 0.471. The summed E-state index contributed by atoms with van der Waals surface area (Å²) in [6.07, 6.45) is -0.227. The number of hydrogen-bond donors (Lipinski definition) is 2. The zero-order valence-electron chi connectivity index (χ0n) is 14.3. The molecule has 0 bridgehead atoms. The minimum atomic E-state index is -0.601. The van der Waals surface area contributed by atoms with Crippen LogP contribution in [0.4, 0.5) is 4.79 Å². The van der Waals surface area contributed by atoms with Crippen LogP contribution in [0.15, 0.2) is 18.2 Å². The lowest BCUT2D eigenvalue weighted by Gasteiger charge is -2.22. The molecule has 0 fully saturated rings. The number of nitrogens with zero attached hydrogens (tertiary/aromatic N) is 3. The first-order chi connectivity index (χ1) is 11.2. The van der Waals surface area contributed by atoms with Gasteiger partial charge in [0.25, 0.3) is 0 Å². The quantitative estimate of drug-likeness (QED) is 0.891. The number of carbonyl (C=O) groups excluding carboxylic acids is 1. The summed E-state index contributed by atoms with van der Waals surface area (Å²) in [5.41, 5.74) is 1.55. The molecule has 1 heterocycles. The number of ether oxygens (including phenoxy) is 1. The Morgan fingerprint density at radius 2 is 2.21 bits per heavy atom. The van der Waals surface area contributed by atoms with Crippen LogP contribution < -0.4 is 5.32 Å². The molecule has 1 atom stereocenters. The number of benzene rings is 1. The summed E-state index contributed by atoms with van der Waals surface area (Å²) in [4.78, 5) is 16.4. The van der Waals surface area contributed by atoms with Crippen LogP contribution in [-0.2, 0) is 18.2 Å². The molecule has 7 heteroatoms. The third-order valence-electron chi connectivity index (χ3n) is 3.47. The molecule has 0 saturated heterocycles. The van der Waals surface area contributed by atoms with Gasteiger partial charge in [0.15, 0.2) is 0 Å². The summed E-state index contributed by atoms with van der Waals surface area (Å²) in [7, 11) is 1.84. The summed E-state index contributed by atoms with van der Waals surface area (Å²) in [5.74, 6) is 0.704. The number of amides is 1. The molecule has 2 N–H and O–H groups in total. The van der Waals surface area contributed by atoms with Crippen LogP contribution in [0.1, 0.15) is 32.2 Å². The molecule has 2 aromatic rings. The third kappa shape index (κ3) is 4.24. The number of imidazole rings is 1. The predicted molar refractivity (Wildman–Crippen MR) is 89.4 cm³/mol. The Bertz CT molecular complexity index is 783. The van der Waals surface area contributed by atoms with Crippen LogP contribution >= 0.6 is 0 Å². The van der Waals surface area contributed by atoms with Gasteiger partial charge in [0.05, 0.1) is 35.3 Å². The van der Waals surface area contributed by atoms with Gasteiger partial charge in [0, 0.05) is 13.5 Å². The highest BCUT2D eigenvalue weighted by molar-refractivity contribution is 5.77. The molecule has 1 aromatic carbocycles. The van der Waals surface area contributed by atoms with Crippen molar-refractivity contribution in [3.63, 3.8) is 0 Å². The van der Waals surface area contributed by atoms with Crippen molar-refractivity contribution in [3.8, 4) is 6.07 Å². The summed E-state index contributed by atoms with van der Waals surface area (Å²) < 4.78 is 7.06. The lowest BCUT2D eigenvalue weighted by Crippen LogP contribution is -2.42. The number of aliphatic hydroxyl groups is 1. The highest BCUT2D eigenvalue weighted by atomic mass is 16.6. The van der Waals surface area contributed by atoms with Crippen LogP contribution in [0.3, 0.4) is 0 Å². The minimum Gasteiger partial charge on any atom is -0.444 e. The number of rotatable bonds is 4. The molecule has 0 aliphatic carbocycles. The smallest absolute Gasteiger partial charge is 0.407 e. The topological polar surface area (TPSA) is 100 Å². The largest absolute Gasteiger partial charge is 0.444 e. The van der Waals surface area contributed by atoms with E-state index < -0.39 is 17.7 Å². The first-order valence-corrected chi connectivity index (χ1v) is 7.69. The fourth-order valence-electron chi connectivity index (χ4n) is 2.35. The number of nitriles is 1. The molecule has 0 saturated carbocycles. The second kappa shape index (κ2) is 6.89. The van der Waals surface area contributed by atoms with Crippen LogP contribution in [0.2, 0.25) is 0 Å². The highest BCUT2D eigenvalue weighted by Crippen LogP contribution is 2.17. The molecule has 1 amide bonds. The van der Waals surface area contributed by atoms with Gasteiger partial charge in [-0.2, -0.15) is 5.26 Å². The van der Waals surface area contributed by atoms with Crippen LogP contribution in [0, 0.1) is 11.3 Å². The van der Waals surface area contributed by atoms with Gasteiger partial charge in [-0.1, -0.05) is 0 Å². The number of hydrogen-bond acceptors (Lipinski definition) is 5. The Balaban J connectivity index is 2.16. The van der Waals surface area contributed by atoms with Gasteiger partial charge < -0.3 is 19.7 Å². The Labute approximate surface area is 140 Å². The van der Waals surface area contributed by atoms with E-state index in [1.165, 1.54) is 0 Å². The molecule has 0 radical (unpaired) electrons. The van der Waals surface area contributed by atoms with Gasteiger partial charge in [0.1, 0.15) is 11.4 Å². The molecule has 0 spiro atoms. The fourth-order valence-corrected chi connectivity index (χ4v) is 2.35.